The molecule has 10 heteroatoms. The van der Waals surface area contributed by atoms with Gasteiger partial charge in [-0.3, -0.25) is 25.2 Å². The predicted molar refractivity (Wildman–Crippen MR) is 107 cm³/mol. The van der Waals surface area contributed by atoms with Gasteiger partial charge in [-0.25, -0.2) is 12.8 Å². The van der Waals surface area contributed by atoms with E-state index in [4.69, 9.17) is 4.42 Å². The highest BCUT2D eigenvalue weighted by atomic mass is 32.2. The minimum absolute atomic E-state index is 0.0115. The molecule has 0 spiro atoms. The molecule has 0 bridgehead atoms. The summed E-state index contributed by atoms with van der Waals surface area (Å²) in [6.07, 6.45) is 0. The first-order valence-corrected chi connectivity index (χ1v) is 10.2. The molecule has 156 valence electrons. The van der Waals surface area contributed by atoms with Gasteiger partial charge in [0.25, 0.3) is 21.8 Å². The van der Waals surface area contributed by atoms with E-state index in [1.165, 1.54) is 36.4 Å². The number of aryl methyl sites for hydroxylation is 2. The van der Waals surface area contributed by atoms with Crippen molar-refractivity contribution in [3.8, 4) is 0 Å². The normalized spacial score (nSPS) is 11.0. The van der Waals surface area contributed by atoms with E-state index in [2.05, 4.69) is 15.6 Å². The van der Waals surface area contributed by atoms with Crippen LogP contribution in [-0.2, 0) is 10.0 Å². The molecule has 0 aliphatic rings. The molecule has 30 heavy (non-hydrogen) atoms. The second kappa shape index (κ2) is 8.37. The average molecular weight is 431 g/mol. The molecular weight excluding hydrogens is 413 g/mol. The number of carbonyl (C=O) groups excluding carboxylic acids is 2. The fourth-order valence-electron chi connectivity index (χ4n) is 2.65. The number of carbonyl (C=O) groups is 2. The van der Waals surface area contributed by atoms with Gasteiger partial charge in [-0.15, -0.1) is 0 Å². The number of amides is 2. The van der Waals surface area contributed by atoms with Crippen LogP contribution in [-0.4, -0.2) is 20.2 Å². The van der Waals surface area contributed by atoms with E-state index in [0.29, 0.717) is 11.5 Å². The second-order valence-electron chi connectivity index (χ2n) is 6.38. The van der Waals surface area contributed by atoms with Crippen molar-refractivity contribution in [2.45, 2.75) is 18.7 Å². The van der Waals surface area contributed by atoms with Gasteiger partial charge in [0.05, 0.1) is 10.5 Å². The number of hydrazine groups is 1. The average Bonchev–Trinajstić information content (AvgIpc) is 3.05. The van der Waals surface area contributed by atoms with Crippen LogP contribution in [0.4, 0.5) is 10.1 Å². The van der Waals surface area contributed by atoms with E-state index in [-0.39, 0.29) is 21.7 Å². The summed E-state index contributed by atoms with van der Waals surface area (Å²) in [4.78, 5) is 24.3. The number of furan rings is 1. The zero-order chi connectivity index (χ0) is 21.9. The molecule has 3 rings (SSSR count). The highest BCUT2D eigenvalue weighted by molar-refractivity contribution is 7.92. The van der Waals surface area contributed by atoms with Gasteiger partial charge in [-0.05, 0) is 62.4 Å². The fraction of sp³-hybridized carbons (Fsp3) is 0.100. The van der Waals surface area contributed by atoms with Gasteiger partial charge in [0.2, 0.25) is 0 Å². The zero-order valence-corrected chi connectivity index (χ0v) is 16.8. The lowest BCUT2D eigenvalue weighted by Gasteiger charge is -2.10. The maximum absolute atomic E-state index is 13.0. The summed E-state index contributed by atoms with van der Waals surface area (Å²) in [6, 6.07) is 11.6. The Morgan fingerprint density at radius 1 is 0.933 bits per heavy atom. The maximum atomic E-state index is 13.0. The summed E-state index contributed by atoms with van der Waals surface area (Å²) in [5, 5.41) is 0. The molecule has 1 heterocycles. The summed E-state index contributed by atoms with van der Waals surface area (Å²) >= 11 is 0. The molecule has 2 aromatic carbocycles. The lowest BCUT2D eigenvalue weighted by molar-refractivity contribution is 0.0845. The second-order valence-corrected chi connectivity index (χ2v) is 8.06. The molecule has 2 amide bonds. The third kappa shape index (κ3) is 4.84. The minimum atomic E-state index is -4.01. The Morgan fingerprint density at radius 3 is 2.23 bits per heavy atom. The SMILES string of the molecule is Cc1cc(C(=O)NNC(=O)c2cccc(S(=O)(=O)Nc3ccc(F)cc3)c2)c(C)o1. The molecule has 3 aromatic rings. The van der Waals surface area contributed by atoms with Crippen LogP contribution in [0.1, 0.15) is 32.2 Å². The molecule has 0 atom stereocenters. The number of anilines is 1. The van der Waals surface area contributed by atoms with Crippen LogP contribution in [0.25, 0.3) is 0 Å². The van der Waals surface area contributed by atoms with Crippen LogP contribution in [0.2, 0.25) is 0 Å². The summed E-state index contributed by atoms with van der Waals surface area (Å²) in [7, 11) is -4.01. The van der Waals surface area contributed by atoms with Crippen LogP contribution in [0.3, 0.4) is 0 Å². The van der Waals surface area contributed by atoms with Crippen molar-refractivity contribution < 1.29 is 26.8 Å². The summed E-state index contributed by atoms with van der Waals surface area (Å²) < 4.78 is 45.6. The molecule has 0 aliphatic carbocycles. The molecule has 0 saturated heterocycles. The topological polar surface area (TPSA) is 118 Å². The molecule has 0 aliphatic heterocycles. The third-order valence-corrected chi connectivity index (χ3v) is 5.46. The Hall–Kier alpha value is -3.66. The quantitative estimate of drug-likeness (QED) is 0.537. The minimum Gasteiger partial charge on any atom is -0.466 e. The van der Waals surface area contributed by atoms with Crippen molar-refractivity contribution in [2.75, 3.05) is 4.72 Å². The molecule has 0 radical (unpaired) electrons. The van der Waals surface area contributed by atoms with Gasteiger partial charge in [0, 0.05) is 11.3 Å². The molecule has 0 fully saturated rings. The van der Waals surface area contributed by atoms with Gasteiger partial charge in [-0.1, -0.05) is 6.07 Å². The highest BCUT2D eigenvalue weighted by Crippen LogP contribution is 2.18. The first-order valence-electron chi connectivity index (χ1n) is 8.72. The third-order valence-electron chi connectivity index (χ3n) is 4.08. The first kappa shape index (κ1) is 21.1. The number of sulfonamides is 1. The standard InChI is InChI=1S/C20H18FN3O5S/c1-12-10-18(13(2)29-12)20(26)23-22-19(25)14-4-3-5-17(11-14)30(27,28)24-16-8-6-15(21)7-9-16/h3-11,24H,1-2H3,(H,22,25)(H,23,26). The molecule has 3 N–H and O–H groups in total. The number of hydrogen-bond donors (Lipinski definition) is 3. The molecule has 1 aromatic heterocycles. The molecular formula is C20H18FN3O5S. The Balaban J connectivity index is 1.71. The van der Waals surface area contributed by atoms with Crippen molar-refractivity contribution in [1.29, 1.82) is 0 Å². The van der Waals surface area contributed by atoms with Gasteiger partial charge in [0.15, 0.2) is 0 Å². The fourth-order valence-corrected chi connectivity index (χ4v) is 3.75. The van der Waals surface area contributed by atoms with Crippen LogP contribution < -0.4 is 15.6 Å². The first-order chi connectivity index (χ1) is 14.2. The molecule has 0 saturated carbocycles. The maximum Gasteiger partial charge on any atom is 0.273 e. The number of hydrogen-bond acceptors (Lipinski definition) is 5. The van der Waals surface area contributed by atoms with E-state index in [1.807, 2.05) is 0 Å². The van der Waals surface area contributed by atoms with Gasteiger partial charge >= 0.3 is 0 Å². The monoisotopic (exact) mass is 431 g/mol. The van der Waals surface area contributed by atoms with Crippen LogP contribution in [0.15, 0.2) is 63.9 Å². The Labute approximate surface area is 172 Å². The van der Waals surface area contributed by atoms with Gasteiger partial charge in [-0.2, -0.15) is 0 Å². The van der Waals surface area contributed by atoms with E-state index >= 15 is 0 Å². The van der Waals surface area contributed by atoms with Crippen LogP contribution >= 0.6 is 0 Å². The zero-order valence-electron chi connectivity index (χ0n) is 16.0. The van der Waals surface area contributed by atoms with Crippen LogP contribution in [0, 0.1) is 19.7 Å². The Kier molecular flexibility index (Phi) is 5.88. The number of halogens is 1. The lowest BCUT2D eigenvalue weighted by Crippen LogP contribution is -2.41. The van der Waals surface area contributed by atoms with Crippen molar-refractivity contribution >= 4 is 27.5 Å². The van der Waals surface area contributed by atoms with Crippen LogP contribution in [0.5, 0.6) is 0 Å². The molecule has 0 unspecified atom stereocenters. The predicted octanol–water partition coefficient (Wildman–Crippen LogP) is 2.91. The van der Waals surface area contributed by atoms with E-state index in [0.717, 1.165) is 18.2 Å². The Bertz CT molecular complexity index is 1200. The highest BCUT2D eigenvalue weighted by Gasteiger charge is 2.18. The van der Waals surface area contributed by atoms with Crippen molar-refractivity contribution in [1.82, 2.24) is 10.9 Å². The lowest BCUT2D eigenvalue weighted by atomic mass is 10.2. The van der Waals surface area contributed by atoms with E-state index in [1.54, 1.807) is 13.8 Å². The van der Waals surface area contributed by atoms with Gasteiger partial charge in [0.1, 0.15) is 17.3 Å². The number of rotatable bonds is 5. The number of nitrogens with one attached hydrogen (secondary N) is 3. The van der Waals surface area contributed by atoms with Crippen molar-refractivity contribution in [3.63, 3.8) is 0 Å². The molecule has 8 nitrogen and oxygen atoms in total. The largest absolute Gasteiger partial charge is 0.466 e. The summed E-state index contributed by atoms with van der Waals surface area (Å²) in [6.45, 7) is 3.31. The smallest absolute Gasteiger partial charge is 0.273 e. The van der Waals surface area contributed by atoms with E-state index < -0.39 is 27.7 Å². The van der Waals surface area contributed by atoms with Gasteiger partial charge < -0.3 is 4.42 Å². The number of benzene rings is 2. The Morgan fingerprint density at radius 2 is 1.60 bits per heavy atom. The van der Waals surface area contributed by atoms with Crippen molar-refractivity contribution in [3.05, 3.63) is 83.1 Å². The summed E-state index contributed by atoms with van der Waals surface area (Å²) in [5.41, 5.74) is 4.94. The summed E-state index contributed by atoms with van der Waals surface area (Å²) in [5.74, 6) is -0.825. The van der Waals surface area contributed by atoms with E-state index in [9.17, 15) is 22.4 Å². The van der Waals surface area contributed by atoms with Crippen molar-refractivity contribution in [2.24, 2.45) is 0 Å².